The molecule has 2 aromatic rings. The minimum Gasteiger partial charge on any atom is -0.337 e. The van der Waals surface area contributed by atoms with Crippen molar-refractivity contribution in [1.82, 2.24) is 14.5 Å². The van der Waals surface area contributed by atoms with E-state index >= 15 is 0 Å². The van der Waals surface area contributed by atoms with E-state index in [2.05, 4.69) is 47.7 Å². The molecule has 0 bridgehead atoms. The molecule has 0 spiro atoms. The third kappa shape index (κ3) is 3.35. The normalized spacial score (nSPS) is 18.4. The van der Waals surface area contributed by atoms with Gasteiger partial charge in [0.05, 0.1) is 17.1 Å². The summed E-state index contributed by atoms with van der Waals surface area (Å²) < 4.78 is 4.05. The van der Waals surface area contributed by atoms with Gasteiger partial charge in [-0.3, -0.25) is 4.79 Å². The van der Waals surface area contributed by atoms with Crippen LogP contribution >= 0.6 is 11.5 Å². The lowest BCUT2D eigenvalue weighted by atomic mass is 9.99. The van der Waals surface area contributed by atoms with Crippen molar-refractivity contribution in [2.45, 2.75) is 39.2 Å². The molecule has 0 aliphatic carbocycles. The zero-order chi connectivity index (χ0) is 15.5. The van der Waals surface area contributed by atoms with Crippen molar-refractivity contribution in [2.24, 2.45) is 5.92 Å². The van der Waals surface area contributed by atoms with E-state index in [-0.39, 0.29) is 5.91 Å². The number of aromatic nitrogens is 2. The molecule has 1 aromatic heterocycles. The van der Waals surface area contributed by atoms with Crippen molar-refractivity contribution < 1.29 is 4.79 Å². The first-order chi connectivity index (χ1) is 10.6. The minimum atomic E-state index is 0.254. The van der Waals surface area contributed by atoms with Crippen LogP contribution in [0, 0.1) is 5.92 Å². The van der Waals surface area contributed by atoms with Gasteiger partial charge in [0.1, 0.15) is 0 Å². The van der Waals surface area contributed by atoms with Gasteiger partial charge < -0.3 is 4.90 Å². The maximum Gasteiger partial charge on any atom is 0.223 e. The molecule has 3 rings (SSSR count). The Morgan fingerprint density at radius 3 is 2.82 bits per heavy atom. The fraction of sp³-hybridized carbons (Fsp3) is 0.471. The Kier molecular flexibility index (Phi) is 4.52. The Morgan fingerprint density at radius 1 is 1.32 bits per heavy atom. The number of carbonyl (C=O) groups is 1. The van der Waals surface area contributed by atoms with Gasteiger partial charge in [-0.05, 0) is 35.4 Å². The fourth-order valence-electron chi connectivity index (χ4n) is 3.03. The van der Waals surface area contributed by atoms with Crippen LogP contribution in [0.4, 0.5) is 0 Å². The van der Waals surface area contributed by atoms with Crippen molar-refractivity contribution in [3.63, 3.8) is 0 Å². The van der Waals surface area contributed by atoms with Crippen LogP contribution in [0.3, 0.4) is 0 Å². The summed E-state index contributed by atoms with van der Waals surface area (Å²) in [6, 6.07) is 10.4. The van der Waals surface area contributed by atoms with Crippen LogP contribution in [0.15, 0.2) is 30.3 Å². The maximum absolute atomic E-state index is 12.3. The summed E-state index contributed by atoms with van der Waals surface area (Å²) in [6.07, 6.45) is 1.62. The summed E-state index contributed by atoms with van der Waals surface area (Å²) in [7, 11) is 0. The first-order valence-corrected chi connectivity index (χ1v) is 8.53. The van der Waals surface area contributed by atoms with Crippen LogP contribution in [0.25, 0.3) is 0 Å². The minimum absolute atomic E-state index is 0.254. The Labute approximate surface area is 135 Å². The molecular weight excluding hydrogens is 294 g/mol. The number of rotatable bonds is 5. The lowest BCUT2D eigenvalue weighted by Gasteiger charge is -2.16. The van der Waals surface area contributed by atoms with Crippen LogP contribution < -0.4 is 0 Å². The summed E-state index contributed by atoms with van der Waals surface area (Å²) in [6.45, 7) is 5.73. The first-order valence-electron chi connectivity index (χ1n) is 7.76. The van der Waals surface area contributed by atoms with Crippen LogP contribution in [-0.2, 0) is 17.8 Å². The van der Waals surface area contributed by atoms with Crippen molar-refractivity contribution in [2.75, 3.05) is 6.54 Å². The molecular formula is C17H21N3OS. The summed E-state index contributed by atoms with van der Waals surface area (Å²) in [5.74, 6) is 1.02. The van der Waals surface area contributed by atoms with Crippen molar-refractivity contribution in [3.05, 3.63) is 46.5 Å². The molecule has 4 nitrogen and oxygen atoms in total. The molecule has 1 saturated heterocycles. The van der Waals surface area contributed by atoms with E-state index in [4.69, 9.17) is 0 Å². The highest BCUT2D eigenvalue weighted by Crippen LogP contribution is 2.27. The van der Waals surface area contributed by atoms with Gasteiger partial charge in [-0.25, -0.2) is 0 Å². The molecule has 116 valence electrons. The van der Waals surface area contributed by atoms with E-state index in [1.165, 1.54) is 17.1 Å². The Hall–Kier alpha value is -1.75. The van der Waals surface area contributed by atoms with Gasteiger partial charge in [-0.2, -0.15) is 0 Å². The van der Waals surface area contributed by atoms with Crippen molar-refractivity contribution >= 4 is 17.4 Å². The second kappa shape index (κ2) is 6.57. The lowest BCUT2D eigenvalue weighted by molar-refractivity contribution is -0.128. The molecule has 1 aromatic carbocycles. The van der Waals surface area contributed by atoms with Crippen LogP contribution in [-0.4, -0.2) is 26.9 Å². The van der Waals surface area contributed by atoms with Crippen LogP contribution in [0.2, 0.25) is 0 Å². The highest BCUT2D eigenvalue weighted by atomic mass is 32.1. The molecule has 0 radical (unpaired) electrons. The lowest BCUT2D eigenvalue weighted by Crippen LogP contribution is -2.25. The van der Waals surface area contributed by atoms with Crippen LogP contribution in [0.1, 0.15) is 42.3 Å². The van der Waals surface area contributed by atoms with Gasteiger partial charge in [0.25, 0.3) is 0 Å². The topological polar surface area (TPSA) is 46.1 Å². The zero-order valence-electron chi connectivity index (χ0n) is 13.0. The molecule has 22 heavy (non-hydrogen) atoms. The van der Waals surface area contributed by atoms with Gasteiger partial charge >= 0.3 is 0 Å². The number of hydrogen-bond donors (Lipinski definition) is 0. The van der Waals surface area contributed by atoms with Gasteiger partial charge in [0.15, 0.2) is 0 Å². The SMILES string of the molecule is CC(C)c1nnsc1CN1CC(Cc2ccccc2)CC1=O. The summed E-state index contributed by atoms with van der Waals surface area (Å²) in [5, 5.41) is 4.20. The summed E-state index contributed by atoms with van der Waals surface area (Å²) in [4.78, 5) is 15.4. The number of hydrogen-bond acceptors (Lipinski definition) is 4. The van der Waals surface area contributed by atoms with Gasteiger partial charge in [0, 0.05) is 13.0 Å². The number of benzene rings is 1. The molecule has 1 atom stereocenters. The fourth-order valence-corrected chi connectivity index (χ4v) is 3.84. The average molecular weight is 315 g/mol. The summed E-state index contributed by atoms with van der Waals surface area (Å²) in [5.41, 5.74) is 2.34. The highest BCUT2D eigenvalue weighted by molar-refractivity contribution is 7.05. The molecule has 1 amide bonds. The molecule has 5 heteroatoms. The smallest absolute Gasteiger partial charge is 0.223 e. The van der Waals surface area contributed by atoms with Crippen LogP contribution in [0.5, 0.6) is 0 Å². The third-order valence-corrected chi connectivity index (χ3v) is 4.85. The molecule has 0 saturated carbocycles. The zero-order valence-corrected chi connectivity index (χ0v) is 13.8. The van der Waals surface area contributed by atoms with E-state index in [1.807, 2.05) is 11.0 Å². The second-order valence-electron chi connectivity index (χ2n) is 6.27. The van der Waals surface area contributed by atoms with E-state index in [0.29, 0.717) is 24.8 Å². The monoisotopic (exact) mass is 315 g/mol. The Morgan fingerprint density at radius 2 is 2.09 bits per heavy atom. The molecule has 0 N–H and O–H groups in total. The maximum atomic E-state index is 12.3. The number of likely N-dealkylation sites (tertiary alicyclic amines) is 1. The number of amides is 1. The Balaban J connectivity index is 1.64. The van der Waals surface area contributed by atoms with Gasteiger partial charge in [-0.1, -0.05) is 48.7 Å². The van der Waals surface area contributed by atoms with Gasteiger partial charge in [-0.15, -0.1) is 5.10 Å². The third-order valence-electron chi connectivity index (χ3n) is 4.13. The predicted molar refractivity (Wildman–Crippen MR) is 87.7 cm³/mol. The predicted octanol–water partition coefficient (Wildman–Crippen LogP) is 3.25. The van der Waals surface area contributed by atoms with E-state index in [0.717, 1.165) is 23.5 Å². The molecule has 1 fully saturated rings. The number of carbonyl (C=O) groups excluding carboxylic acids is 1. The molecule has 1 aliphatic heterocycles. The Bertz CT molecular complexity index is 638. The summed E-state index contributed by atoms with van der Waals surface area (Å²) >= 11 is 1.42. The number of nitrogens with zero attached hydrogens (tertiary/aromatic N) is 3. The van der Waals surface area contributed by atoms with E-state index < -0.39 is 0 Å². The molecule has 1 aliphatic rings. The quantitative estimate of drug-likeness (QED) is 0.851. The average Bonchev–Trinajstić information content (AvgIpc) is 3.08. The first kappa shape index (κ1) is 15.2. The molecule has 2 heterocycles. The molecule has 1 unspecified atom stereocenters. The van der Waals surface area contributed by atoms with E-state index in [1.54, 1.807) is 0 Å². The second-order valence-corrected chi connectivity index (χ2v) is 7.11. The van der Waals surface area contributed by atoms with Crippen molar-refractivity contribution in [1.29, 1.82) is 0 Å². The highest BCUT2D eigenvalue weighted by Gasteiger charge is 2.30. The standard InChI is InChI=1S/C17H21N3OS/c1-12(2)17-15(22-19-18-17)11-20-10-14(9-16(20)21)8-13-6-4-3-5-7-13/h3-7,12,14H,8-11H2,1-2H3. The van der Waals surface area contributed by atoms with E-state index in [9.17, 15) is 4.79 Å². The largest absolute Gasteiger partial charge is 0.337 e. The van der Waals surface area contributed by atoms with Crippen molar-refractivity contribution in [3.8, 4) is 0 Å². The van der Waals surface area contributed by atoms with Gasteiger partial charge in [0.2, 0.25) is 5.91 Å².